The molecule has 1 aliphatic heterocycles. The van der Waals surface area contributed by atoms with Gasteiger partial charge in [0.25, 0.3) is 0 Å². The summed E-state index contributed by atoms with van der Waals surface area (Å²) in [4.78, 5) is 12.7. The highest BCUT2D eigenvalue weighted by Crippen LogP contribution is 2.45. The first kappa shape index (κ1) is 16.2. The molecular formula is C21H18N2O3. The number of methoxy groups -OCH3 is 1. The molecule has 2 heterocycles. The minimum atomic E-state index is -0.417. The van der Waals surface area contributed by atoms with Crippen molar-refractivity contribution in [1.29, 1.82) is 5.26 Å². The van der Waals surface area contributed by atoms with Crippen molar-refractivity contribution in [3.05, 3.63) is 71.3 Å². The number of carbonyl (C=O) groups excluding carboxylic acids is 1. The second-order valence-electron chi connectivity index (χ2n) is 6.34. The van der Waals surface area contributed by atoms with Crippen molar-refractivity contribution in [1.82, 2.24) is 4.57 Å². The van der Waals surface area contributed by atoms with E-state index in [0.717, 1.165) is 17.7 Å². The first-order valence-corrected chi connectivity index (χ1v) is 8.58. The summed E-state index contributed by atoms with van der Waals surface area (Å²) < 4.78 is 13.1. The number of nitriles is 1. The zero-order chi connectivity index (χ0) is 18.1. The molecule has 0 amide bonds. The molecule has 4 rings (SSSR count). The van der Waals surface area contributed by atoms with E-state index in [-0.39, 0.29) is 5.78 Å². The summed E-state index contributed by atoms with van der Waals surface area (Å²) in [6.07, 6.45) is 5.65. The number of allylic oxidation sites excluding steroid dienone is 3. The van der Waals surface area contributed by atoms with Crippen LogP contribution in [0.25, 0.3) is 5.88 Å². The normalized spacial score (nSPS) is 19.7. The van der Waals surface area contributed by atoms with Gasteiger partial charge in [-0.3, -0.25) is 9.36 Å². The van der Waals surface area contributed by atoms with Gasteiger partial charge < -0.3 is 9.47 Å². The lowest BCUT2D eigenvalue weighted by atomic mass is 9.77. The number of hydrogen-bond donors (Lipinski definition) is 0. The van der Waals surface area contributed by atoms with Gasteiger partial charge >= 0.3 is 0 Å². The molecule has 1 aliphatic carbocycles. The van der Waals surface area contributed by atoms with E-state index in [2.05, 4.69) is 6.07 Å². The number of nitrogens with zero attached hydrogens (tertiary/aromatic N) is 2. The van der Waals surface area contributed by atoms with Gasteiger partial charge in [0, 0.05) is 30.8 Å². The standard InChI is InChI=1S/C21H18N2O3/c1-25-15-9-7-14(8-10-15)19-16(13-22)21(23-11-2-3-12-23)26-18-6-4-5-17(24)20(18)19/h2-3,7-12,19H,4-6H2,1H3/t19-/m1/s1. The highest BCUT2D eigenvalue weighted by molar-refractivity contribution is 6.00. The second-order valence-corrected chi connectivity index (χ2v) is 6.34. The fraction of sp³-hybridized carbons (Fsp3) is 0.238. The van der Waals surface area contributed by atoms with Crippen LogP contribution in [0.1, 0.15) is 30.7 Å². The number of hydrogen-bond acceptors (Lipinski definition) is 4. The van der Waals surface area contributed by atoms with E-state index in [4.69, 9.17) is 9.47 Å². The van der Waals surface area contributed by atoms with Crippen LogP contribution in [0.3, 0.4) is 0 Å². The van der Waals surface area contributed by atoms with Gasteiger partial charge in [0.1, 0.15) is 23.2 Å². The van der Waals surface area contributed by atoms with Gasteiger partial charge in [0.2, 0.25) is 5.88 Å². The number of benzene rings is 1. The van der Waals surface area contributed by atoms with E-state index in [1.54, 1.807) is 11.7 Å². The van der Waals surface area contributed by atoms with E-state index in [1.165, 1.54) is 0 Å². The summed E-state index contributed by atoms with van der Waals surface area (Å²) in [5.74, 6) is 1.54. The fourth-order valence-corrected chi connectivity index (χ4v) is 3.61. The first-order chi connectivity index (χ1) is 12.7. The molecule has 1 atom stereocenters. The third-order valence-corrected chi connectivity index (χ3v) is 4.84. The lowest BCUT2D eigenvalue weighted by molar-refractivity contribution is -0.116. The number of aromatic nitrogens is 1. The Kier molecular flexibility index (Phi) is 4.10. The first-order valence-electron chi connectivity index (χ1n) is 8.58. The summed E-state index contributed by atoms with van der Waals surface area (Å²) in [6, 6.07) is 13.6. The van der Waals surface area contributed by atoms with Gasteiger partial charge in [-0.15, -0.1) is 0 Å². The van der Waals surface area contributed by atoms with Crippen LogP contribution < -0.4 is 4.74 Å². The second kappa shape index (κ2) is 6.57. The Bertz CT molecular complexity index is 944. The molecule has 5 nitrogen and oxygen atoms in total. The lowest BCUT2D eigenvalue weighted by Gasteiger charge is -2.32. The Morgan fingerprint density at radius 2 is 1.92 bits per heavy atom. The molecule has 0 fully saturated rings. The van der Waals surface area contributed by atoms with Gasteiger partial charge in [-0.05, 0) is 36.2 Å². The summed E-state index contributed by atoms with van der Waals surface area (Å²) in [5.41, 5.74) is 1.95. The van der Waals surface area contributed by atoms with E-state index in [1.807, 2.05) is 48.8 Å². The van der Waals surface area contributed by atoms with E-state index >= 15 is 0 Å². The number of Topliss-reactive ketones (excluding diaryl/α,β-unsaturated/α-hetero) is 1. The molecule has 2 aliphatic rings. The highest BCUT2D eigenvalue weighted by Gasteiger charge is 2.39. The molecule has 5 heteroatoms. The maximum atomic E-state index is 12.7. The molecule has 1 aromatic carbocycles. The van der Waals surface area contributed by atoms with E-state index in [9.17, 15) is 10.1 Å². The Morgan fingerprint density at radius 3 is 2.58 bits per heavy atom. The van der Waals surface area contributed by atoms with Crippen molar-refractivity contribution in [3.8, 4) is 11.8 Å². The molecule has 0 unspecified atom stereocenters. The number of carbonyl (C=O) groups is 1. The smallest absolute Gasteiger partial charge is 0.218 e. The highest BCUT2D eigenvalue weighted by atomic mass is 16.5. The van der Waals surface area contributed by atoms with Crippen LogP contribution in [-0.4, -0.2) is 17.5 Å². The lowest BCUT2D eigenvalue weighted by Crippen LogP contribution is -2.26. The topological polar surface area (TPSA) is 64.2 Å². The van der Waals surface area contributed by atoms with Crippen molar-refractivity contribution in [2.45, 2.75) is 25.2 Å². The average molecular weight is 346 g/mol. The van der Waals surface area contributed by atoms with Crippen LogP contribution >= 0.6 is 0 Å². The summed E-state index contributed by atoms with van der Waals surface area (Å²) in [6.45, 7) is 0. The van der Waals surface area contributed by atoms with Gasteiger partial charge in [0.05, 0.1) is 13.0 Å². The van der Waals surface area contributed by atoms with Gasteiger partial charge in [0.15, 0.2) is 5.78 Å². The predicted molar refractivity (Wildman–Crippen MR) is 96.0 cm³/mol. The molecule has 0 radical (unpaired) electrons. The van der Waals surface area contributed by atoms with E-state index in [0.29, 0.717) is 35.6 Å². The average Bonchev–Trinajstić information content (AvgIpc) is 3.21. The summed E-state index contributed by atoms with van der Waals surface area (Å²) in [5, 5.41) is 9.91. The quantitative estimate of drug-likeness (QED) is 0.842. The Balaban J connectivity index is 1.91. The zero-order valence-corrected chi connectivity index (χ0v) is 14.4. The van der Waals surface area contributed by atoms with Gasteiger partial charge in [-0.2, -0.15) is 5.26 Å². The maximum absolute atomic E-state index is 12.7. The molecule has 0 spiro atoms. The SMILES string of the molecule is COc1ccc([C@@H]2C(C#N)=C(n3cccc3)OC3=C2C(=O)CCC3)cc1. The van der Waals surface area contributed by atoms with Crippen molar-refractivity contribution in [2.24, 2.45) is 0 Å². The zero-order valence-electron chi connectivity index (χ0n) is 14.4. The van der Waals surface area contributed by atoms with Crippen molar-refractivity contribution >= 4 is 11.7 Å². The predicted octanol–water partition coefficient (Wildman–Crippen LogP) is 4.01. The Morgan fingerprint density at radius 1 is 1.19 bits per heavy atom. The molecule has 26 heavy (non-hydrogen) atoms. The third-order valence-electron chi connectivity index (χ3n) is 4.84. The minimum Gasteiger partial charge on any atom is -0.497 e. The monoisotopic (exact) mass is 346 g/mol. The van der Waals surface area contributed by atoms with Crippen LogP contribution in [0, 0.1) is 11.3 Å². The van der Waals surface area contributed by atoms with Crippen LogP contribution in [0.2, 0.25) is 0 Å². The van der Waals surface area contributed by atoms with Crippen LogP contribution in [0.15, 0.2) is 65.7 Å². The number of ether oxygens (including phenoxy) is 2. The molecule has 1 aromatic heterocycles. The Labute approximate surface area is 151 Å². The molecule has 0 bridgehead atoms. The third kappa shape index (κ3) is 2.60. The molecule has 0 saturated carbocycles. The molecule has 2 aromatic rings. The maximum Gasteiger partial charge on any atom is 0.218 e. The van der Waals surface area contributed by atoms with Crippen molar-refractivity contribution in [3.63, 3.8) is 0 Å². The molecule has 130 valence electrons. The van der Waals surface area contributed by atoms with Gasteiger partial charge in [-0.25, -0.2) is 0 Å². The van der Waals surface area contributed by atoms with Crippen LogP contribution in [-0.2, 0) is 9.53 Å². The van der Waals surface area contributed by atoms with Crippen molar-refractivity contribution < 1.29 is 14.3 Å². The van der Waals surface area contributed by atoms with Gasteiger partial charge in [-0.1, -0.05) is 12.1 Å². The largest absolute Gasteiger partial charge is 0.497 e. The molecule has 0 saturated heterocycles. The number of ketones is 1. The minimum absolute atomic E-state index is 0.0615. The van der Waals surface area contributed by atoms with Crippen LogP contribution in [0.4, 0.5) is 0 Å². The Hall–Kier alpha value is -3.26. The fourth-order valence-electron chi connectivity index (χ4n) is 3.61. The van der Waals surface area contributed by atoms with E-state index < -0.39 is 5.92 Å². The molecule has 0 N–H and O–H groups in total. The van der Waals surface area contributed by atoms with Crippen molar-refractivity contribution in [2.75, 3.05) is 7.11 Å². The molecular weight excluding hydrogens is 328 g/mol. The summed E-state index contributed by atoms with van der Waals surface area (Å²) in [7, 11) is 1.61. The number of rotatable bonds is 3. The van der Waals surface area contributed by atoms with Crippen LogP contribution in [0.5, 0.6) is 5.75 Å². The summed E-state index contributed by atoms with van der Waals surface area (Å²) >= 11 is 0.